The SMILES string of the molecule is O=C(Cc1ccc(S(=O)(=O)N2CCCCC2)s1)N1CCN(C(=O)C2CCC2)CC1. The molecule has 1 saturated carbocycles. The molecule has 3 heterocycles. The molecular formula is C20H29N3O4S2. The maximum Gasteiger partial charge on any atom is 0.252 e. The highest BCUT2D eigenvalue weighted by molar-refractivity contribution is 7.91. The molecule has 0 atom stereocenters. The van der Waals surface area contributed by atoms with Crippen LogP contribution in [0.25, 0.3) is 0 Å². The Labute approximate surface area is 176 Å². The van der Waals surface area contributed by atoms with Gasteiger partial charge < -0.3 is 9.80 Å². The van der Waals surface area contributed by atoms with Crippen LogP contribution in [0.2, 0.25) is 0 Å². The number of carbonyl (C=O) groups is 2. The fraction of sp³-hybridized carbons (Fsp3) is 0.700. The smallest absolute Gasteiger partial charge is 0.252 e. The molecule has 2 aliphatic heterocycles. The lowest BCUT2D eigenvalue weighted by molar-refractivity contribution is -0.143. The first-order valence-corrected chi connectivity index (χ1v) is 12.9. The van der Waals surface area contributed by atoms with Gasteiger partial charge in [-0.05, 0) is 37.8 Å². The van der Waals surface area contributed by atoms with Gasteiger partial charge in [-0.2, -0.15) is 4.31 Å². The van der Waals surface area contributed by atoms with Gasteiger partial charge >= 0.3 is 0 Å². The summed E-state index contributed by atoms with van der Waals surface area (Å²) in [5.41, 5.74) is 0. The van der Waals surface area contributed by atoms with Gasteiger partial charge in [0.2, 0.25) is 11.8 Å². The molecule has 160 valence electrons. The number of rotatable bonds is 5. The van der Waals surface area contributed by atoms with Crippen molar-refractivity contribution in [2.75, 3.05) is 39.3 Å². The molecule has 0 spiro atoms. The van der Waals surface area contributed by atoms with Crippen molar-refractivity contribution in [3.63, 3.8) is 0 Å². The Kier molecular flexibility index (Phi) is 6.27. The number of thiophene rings is 1. The van der Waals surface area contributed by atoms with Crippen LogP contribution in [0.1, 0.15) is 43.4 Å². The third kappa shape index (κ3) is 4.51. The number of carbonyl (C=O) groups excluding carboxylic acids is 2. The fourth-order valence-corrected chi connectivity index (χ4v) is 7.19. The molecule has 0 unspecified atom stereocenters. The standard InChI is InChI=1S/C20H29N3O4S2/c24-18(21-11-13-22(14-12-21)20(25)16-5-4-6-16)15-17-7-8-19(28-17)29(26,27)23-9-2-1-3-10-23/h7-8,16H,1-6,9-15H2. The zero-order valence-electron chi connectivity index (χ0n) is 16.7. The number of piperazine rings is 1. The largest absolute Gasteiger partial charge is 0.339 e. The summed E-state index contributed by atoms with van der Waals surface area (Å²) in [4.78, 5) is 29.5. The first-order chi connectivity index (χ1) is 13.9. The number of nitrogens with zero attached hydrogens (tertiary/aromatic N) is 3. The minimum Gasteiger partial charge on any atom is -0.339 e. The number of amides is 2. The minimum atomic E-state index is -3.44. The lowest BCUT2D eigenvalue weighted by Gasteiger charge is -2.38. The van der Waals surface area contributed by atoms with E-state index in [-0.39, 0.29) is 24.2 Å². The van der Waals surface area contributed by atoms with E-state index >= 15 is 0 Å². The van der Waals surface area contributed by atoms with Crippen LogP contribution in [0.15, 0.2) is 16.3 Å². The van der Waals surface area contributed by atoms with E-state index in [4.69, 9.17) is 0 Å². The average molecular weight is 440 g/mol. The average Bonchev–Trinajstić information content (AvgIpc) is 3.17. The Balaban J connectivity index is 1.31. The molecule has 0 bridgehead atoms. The van der Waals surface area contributed by atoms with Crippen molar-refractivity contribution in [2.45, 2.75) is 49.2 Å². The highest BCUT2D eigenvalue weighted by Gasteiger charge is 2.32. The predicted octanol–water partition coefficient (Wildman–Crippen LogP) is 1.94. The van der Waals surface area contributed by atoms with Crippen LogP contribution in [-0.4, -0.2) is 73.6 Å². The molecule has 3 aliphatic rings. The Morgan fingerprint density at radius 1 is 0.897 bits per heavy atom. The molecule has 0 radical (unpaired) electrons. The topological polar surface area (TPSA) is 78.0 Å². The van der Waals surface area contributed by atoms with Gasteiger partial charge in [0.1, 0.15) is 4.21 Å². The van der Waals surface area contributed by atoms with Crippen molar-refractivity contribution in [1.29, 1.82) is 0 Å². The van der Waals surface area contributed by atoms with Gasteiger partial charge in [-0.3, -0.25) is 9.59 Å². The first kappa shape index (κ1) is 20.8. The third-order valence-electron chi connectivity index (χ3n) is 6.27. The van der Waals surface area contributed by atoms with Crippen LogP contribution in [0.5, 0.6) is 0 Å². The second-order valence-corrected chi connectivity index (χ2v) is 11.5. The summed E-state index contributed by atoms with van der Waals surface area (Å²) < 4.78 is 27.4. The fourth-order valence-electron chi connectivity index (χ4n) is 4.17. The molecule has 1 aliphatic carbocycles. The molecule has 1 aromatic heterocycles. The molecular weight excluding hydrogens is 410 g/mol. The van der Waals surface area contributed by atoms with Crippen molar-refractivity contribution in [3.05, 3.63) is 17.0 Å². The zero-order chi connectivity index (χ0) is 20.4. The van der Waals surface area contributed by atoms with Crippen molar-refractivity contribution in [2.24, 2.45) is 5.92 Å². The second kappa shape index (κ2) is 8.73. The van der Waals surface area contributed by atoms with Gasteiger partial charge in [-0.1, -0.05) is 12.8 Å². The molecule has 0 N–H and O–H groups in total. The quantitative estimate of drug-likeness (QED) is 0.702. The van der Waals surface area contributed by atoms with Gasteiger partial charge in [0.05, 0.1) is 6.42 Å². The Morgan fingerprint density at radius 3 is 2.17 bits per heavy atom. The van der Waals surface area contributed by atoms with Crippen LogP contribution < -0.4 is 0 Å². The minimum absolute atomic E-state index is 0.00418. The molecule has 2 saturated heterocycles. The summed E-state index contributed by atoms with van der Waals surface area (Å²) in [6, 6.07) is 3.39. The second-order valence-electron chi connectivity index (χ2n) is 8.20. The Bertz CT molecular complexity index is 849. The summed E-state index contributed by atoms with van der Waals surface area (Å²) in [7, 11) is -3.44. The van der Waals surface area contributed by atoms with Gasteiger partial charge in [0.25, 0.3) is 10.0 Å². The molecule has 3 fully saturated rings. The highest BCUT2D eigenvalue weighted by Crippen LogP contribution is 2.29. The normalized spacial score (nSPS) is 21.8. The van der Waals surface area contributed by atoms with Crippen LogP contribution in [0.4, 0.5) is 0 Å². The molecule has 9 heteroatoms. The van der Waals surface area contributed by atoms with Crippen molar-refractivity contribution >= 4 is 33.2 Å². The summed E-state index contributed by atoms with van der Waals surface area (Å²) in [5.74, 6) is 0.447. The van der Waals surface area contributed by atoms with E-state index in [1.165, 1.54) is 11.3 Å². The Morgan fingerprint density at radius 2 is 1.55 bits per heavy atom. The lowest BCUT2D eigenvalue weighted by Crippen LogP contribution is -2.52. The molecule has 4 rings (SSSR count). The maximum absolute atomic E-state index is 12.8. The van der Waals surface area contributed by atoms with Crippen molar-refractivity contribution in [1.82, 2.24) is 14.1 Å². The molecule has 1 aromatic rings. The molecule has 29 heavy (non-hydrogen) atoms. The van der Waals surface area contributed by atoms with E-state index in [2.05, 4.69) is 0 Å². The van der Waals surface area contributed by atoms with Crippen LogP contribution in [0.3, 0.4) is 0 Å². The van der Waals surface area contributed by atoms with E-state index in [9.17, 15) is 18.0 Å². The van der Waals surface area contributed by atoms with Crippen molar-refractivity contribution in [3.8, 4) is 0 Å². The number of piperidine rings is 1. The van der Waals surface area contributed by atoms with Gasteiger partial charge in [-0.15, -0.1) is 11.3 Å². The van der Waals surface area contributed by atoms with E-state index in [0.29, 0.717) is 43.5 Å². The van der Waals surface area contributed by atoms with E-state index < -0.39 is 10.0 Å². The number of hydrogen-bond acceptors (Lipinski definition) is 5. The number of hydrogen-bond donors (Lipinski definition) is 0. The summed E-state index contributed by atoms with van der Waals surface area (Å²) in [6.07, 6.45) is 6.26. The Hall–Kier alpha value is -1.45. The molecule has 0 aromatic carbocycles. The van der Waals surface area contributed by atoms with Crippen LogP contribution in [-0.2, 0) is 26.0 Å². The highest BCUT2D eigenvalue weighted by atomic mass is 32.2. The van der Waals surface area contributed by atoms with Gasteiger partial charge in [0, 0.05) is 50.1 Å². The van der Waals surface area contributed by atoms with E-state index in [1.807, 2.05) is 4.90 Å². The lowest BCUT2D eigenvalue weighted by atomic mass is 9.84. The van der Waals surface area contributed by atoms with Crippen LogP contribution >= 0.6 is 11.3 Å². The third-order valence-corrected chi connectivity index (χ3v) is 9.72. The summed E-state index contributed by atoms with van der Waals surface area (Å²) >= 11 is 1.20. The van der Waals surface area contributed by atoms with Gasteiger partial charge in [-0.25, -0.2) is 8.42 Å². The number of sulfonamides is 1. The van der Waals surface area contributed by atoms with Crippen molar-refractivity contribution < 1.29 is 18.0 Å². The molecule has 7 nitrogen and oxygen atoms in total. The summed E-state index contributed by atoms with van der Waals surface area (Å²) in [6.45, 7) is 3.47. The summed E-state index contributed by atoms with van der Waals surface area (Å²) in [5, 5.41) is 0. The van der Waals surface area contributed by atoms with E-state index in [0.717, 1.165) is 43.4 Å². The predicted molar refractivity (Wildman–Crippen MR) is 111 cm³/mol. The van der Waals surface area contributed by atoms with Gasteiger partial charge in [0.15, 0.2) is 0 Å². The molecule has 2 amide bonds. The maximum atomic E-state index is 12.8. The monoisotopic (exact) mass is 439 g/mol. The van der Waals surface area contributed by atoms with E-state index in [1.54, 1.807) is 21.3 Å². The zero-order valence-corrected chi connectivity index (χ0v) is 18.3. The van der Waals surface area contributed by atoms with Crippen LogP contribution in [0, 0.1) is 5.92 Å². The first-order valence-electron chi connectivity index (χ1n) is 10.6.